The average molecular weight is 318 g/mol. The van der Waals surface area contributed by atoms with Gasteiger partial charge in [0.25, 0.3) is 5.91 Å². The zero-order chi connectivity index (χ0) is 16.9. The SMILES string of the molecule is CCC(CC)(CO)CNC(=O)c1ccc(NC(=O)C2CC2)cc1. The lowest BCUT2D eigenvalue weighted by atomic mass is 9.83. The van der Waals surface area contributed by atoms with Crippen LogP contribution >= 0.6 is 0 Å². The second-order valence-corrected chi connectivity index (χ2v) is 6.39. The van der Waals surface area contributed by atoms with Gasteiger partial charge in [-0.05, 0) is 49.9 Å². The molecule has 0 saturated heterocycles. The van der Waals surface area contributed by atoms with E-state index in [4.69, 9.17) is 0 Å². The van der Waals surface area contributed by atoms with Crippen molar-refractivity contribution < 1.29 is 14.7 Å². The molecule has 1 aromatic rings. The summed E-state index contributed by atoms with van der Waals surface area (Å²) in [6, 6.07) is 6.90. The quantitative estimate of drug-likeness (QED) is 0.689. The molecule has 1 aliphatic carbocycles. The molecule has 1 fully saturated rings. The molecule has 5 nitrogen and oxygen atoms in total. The van der Waals surface area contributed by atoms with Gasteiger partial charge in [-0.2, -0.15) is 0 Å². The number of nitrogens with one attached hydrogen (secondary N) is 2. The maximum atomic E-state index is 12.2. The van der Waals surface area contributed by atoms with Crippen molar-refractivity contribution in [1.29, 1.82) is 0 Å². The Morgan fingerprint density at radius 2 is 1.78 bits per heavy atom. The molecular formula is C18H26N2O3. The molecule has 0 atom stereocenters. The van der Waals surface area contributed by atoms with Gasteiger partial charge in [-0.3, -0.25) is 9.59 Å². The number of carbonyl (C=O) groups excluding carboxylic acids is 2. The van der Waals surface area contributed by atoms with Crippen LogP contribution in [0, 0.1) is 11.3 Å². The number of anilines is 1. The molecule has 0 unspecified atom stereocenters. The molecule has 0 aliphatic heterocycles. The Morgan fingerprint density at radius 1 is 1.17 bits per heavy atom. The van der Waals surface area contributed by atoms with Gasteiger partial charge in [-0.15, -0.1) is 0 Å². The first-order valence-electron chi connectivity index (χ1n) is 8.33. The first kappa shape index (κ1) is 17.5. The summed E-state index contributed by atoms with van der Waals surface area (Å²) in [4.78, 5) is 23.9. The van der Waals surface area contributed by atoms with Crippen LogP contribution in [0.25, 0.3) is 0 Å². The van der Waals surface area contributed by atoms with Crippen molar-refractivity contribution in [2.45, 2.75) is 39.5 Å². The third-order valence-electron chi connectivity index (χ3n) is 4.82. The van der Waals surface area contributed by atoms with Gasteiger partial charge in [-0.1, -0.05) is 13.8 Å². The van der Waals surface area contributed by atoms with Crippen LogP contribution in [0.2, 0.25) is 0 Å². The summed E-state index contributed by atoms with van der Waals surface area (Å²) in [6.45, 7) is 4.55. The lowest BCUT2D eigenvalue weighted by Crippen LogP contribution is -2.39. The van der Waals surface area contributed by atoms with Crippen molar-refractivity contribution in [2.75, 3.05) is 18.5 Å². The third kappa shape index (κ3) is 4.55. The largest absolute Gasteiger partial charge is 0.396 e. The minimum Gasteiger partial charge on any atom is -0.396 e. The van der Waals surface area contributed by atoms with E-state index in [0.717, 1.165) is 25.7 Å². The third-order valence-corrected chi connectivity index (χ3v) is 4.82. The molecule has 0 spiro atoms. The maximum absolute atomic E-state index is 12.2. The second-order valence-electron chi connectivity index (χ2n) is 6.39. The fourth-order valence-electron chi connectivity index (χ4n) is 2.44. The minimum atomic E-state index is -0.256. The number of hydrogen-bond acceptors (Lipinski definition) is 3. The summed E-state index contributed by atoms with van der Waals surface area (Å²) >= 11 is 0. The molecule has 2 amide bonds. The van der Waals surface area contributed by atoms with Crippen molar-refractivity contribution in [1.82, 2.24) is 5.32 Å². The van der Waals surface area contributed by atoms with E-state index in [1.807, 2.05) is 13.8 Å². The maximum Gasteiger partial charge on any atom is 0.251 e. The van der Waals surface area contributed by atoms with Crippen LogP contribution in [-0.4, -0.2) is 30.1 Å². The highest BCUT2D eigenvalue weighted by Crippen LogP contribution is 2.30. The molecule has 1 saturated carbocycles. The lowest BCUT2D eigenvalue weighted by Gasteiger charge is -2.29. The highest BCUT2D eigenvalue weighted by Gasteiger charge is 2.29. The minimum absolute atomic E-state index is 0.0563. The van der Waals surface area contributed by atoms with Crippen molar-refractivity contribution in [3.63, 3.8) is 0 Å². The van der Waals surface area contributed by atoms with Crippen molar-refractivity contribution in [2.24, 2.45) is 11.3 Å². The Labute approximate surface area is 137 Å². The van der Waals surface area contributed by atoms with Gasteiger partial charge in [0, 0.05) is 29.1 Å². The predicted molar refractivity (Wildman–Crippen MR) is 90.2 cm³/mol. The standard InChI is InChI=1S/C18H26N2O3/c1-3-18(4-2,12-21)11-19-16(22)13-7-9-15(10-8-13)20-17(23)14-5-6-14/h7-10,14,21H,3-6,11-12H2,1-2H3,(H,19,22)(H,20,23). The zero-order valence-corrected chi connectivity index (χ0v) is 13.9. The van der Waals surface area contributed by atoms with E-state index >= 15 is 0 Å². The summed E-state index contributed by atoms with van der Waals surface area (Å²) in [6.07, 6.45) is 3.56. The molecule has 0 aromatic heterocycles. The Kier molecular flexibility index (Phi) is 5.77. The Hall–Kier alpha value is -1.88. The van der Waals surface area contributed by atoms with Gasteiger partial charge in [0.2, 0.25) is 5.91 Å². The summed E-state index contributed by atoms with van der Waals surface area (Å²) in [5.74, 6) is 0.0540. The number of aliphatic hydroxyl groups is 1. The fraction of sp³-hybridized carbons (Fsp3) is 0.556. The number of aliphatic hydroxyl groups excluding tert-OH is 1. The monoisotopic (exact) mass is 318 g/mol. The molecule has 23 heavy (non-hydrogen) atoms. The normalized spacial score (nSPS) is 14.4. The molecule has 126 valence electrons. The number of rotatable bonds is 8. The van der Waals surface area contributed by atoms with E-state index in [9.17, 15) is 14.7 Å². The topological polar surface area (TPSA) is 78.4 Å². The van der Waals surface area contributed by atoms with Crippen LogP contribution in [0.1, 0.15) is 49.9 Å². The summed E-state index contributed by atoms with van der Waals surface area (Å²) in [5.41, 5.74) is 1.01. The Bertz CT molecular complexity index is 538. The molecule has 0 heterocycles. The van der Waals surface area contributed by atoms with E-state index in [0.29, 0.717) is 17.8 Å². The summed E-state index contributed by atoms with van der Waals surface area (Å²) < 4.78 is 0. The van der Waals surface area contributed by atoms with Crippen molar-refractivity contribution in [3.8, 4) is 0 Å². The highest BCUT2D eigenvalue weighted by molar-refractivity contribution is 5.96. The molecule has 2 rings (SSSR count). The van der Waals surface area contributed by atoms with E-state index in [1.165, 1.54) is 0 Å². The van der Waals surface area contributed by atoms with Gasteiger partial charge in [0.15, 0.2) is 0 Å². The van der Waals surface area contributed by atoms with Gasteiger partial charge >= 0.3 is 0 Å². The Balaban J connectivity index is 1.90. The van der Waals surface area contributed by atoms with Gasteiger partial charge in [0.1, 0.15) is 0 Å². The van der Waals surface area contributed by atoms with Crippen molar-refractivity contribution in [3.05, 3.63) is 29.8 Å². The van der Waals surface area contributed by atoms with Crippen LogP contribution in [-0.2, 0) is 4.79 Å². The number of benzene rings is 1. The Morgan fingerprint density at radius 3 is 2.26 bits per heavy atom. The second kappa shape index (κ2) is 7.59. The van der Waals surface area contributed by atoms with Crippen molar-refractivity contribution >= 4 is 17.5 Å². The first-order chi connectivity index (χ1) is 11.0. The smallest absolute Gasteiger partial charge is 0.251 e. The van der Waals surface area contributed by atoms with Gasteiger partial charge in [-0.25, -0.2) is 0 Å². The highest BCUT2D eigenvalue weighted by atomic mass is 16.3. The van der Waals surface area contributed by atoms with E-state index < -0.39 is 0 Å². The van der Waals surface area contributed by atoms with Crippen LogP contribution < -0.4 is 10.6 Å². The molecule has 3 N–H and O–H groups in total. The number of amides is 2. The van der Waals surface area contributed by atoms with Crippen LogP contribution in [0.3, 0.4) is 0 Å². The first-order valence-corrected chi connectivity index (χ1v) is 8.33. The number of carbonyl (C=O) groups is 2. The lowest BCUT2D eigenvalue weighted by molar-refractivity contribution is -0.117. The summed E-state index contributed by atoms with van der Waals surface area (Å²) in [7, 11) is 0. The molecule has 5 heteroatoms. The van der Waals surface area contributed by atoms with E-state index in [2.05, 4.69) is 10.6 Å². The van der Waals surface area contributed by atoms with Gasteiger partial charge < -0.3 is 15.7 Å². The zero-order valence-electron chi connectivity index (χ0n) is 13.9. The van der Waals surface area contributed by atoms with Crippen LogP contribution in [0.15, 0.2) is 24.3 Å². The van der Waals surface area contributed by atoms with Crippen LogP contribution in [0.5, 0.6) is 0 Å². The fourth-order valence-corrected chi connectivity index (χ4v) is 2.44. The molecule has 1 aromatic carbocycles. The van der Waals surface area contributed by atoms with E-state index in [1.54, 1.807) is 24.3 Å². The predicted octanol–water partition coefficient (Wildman–Crippen LogP) is 2.56. The summed E-state index contributed by atoms with van der Waals surface area (Å²) in [5, 5.41) is 15.3. The molecule has 1 aliphatic rings. The van der Waals surface area contributed by atoms with Crippen LogP contribution in [0.4, 0.5) is 5.69 Å². The molecular weight excluding hydrogens is 292 g/mol. The molecule has 0 radical (unpaired) electrons. The van der Waals surface area contributed by atoms with Gasteiger partial charge in [0.05, 0.1) is 6.61 Å². The molecule has 0 bridgehead atoms. The average Bonchev–Trinajstić information content (AvgIpc) is 3.42. The van der Waals surface area contributed by atoms with E-state index in [-0.39, 0.29) is 29.8 Å². The number of hydrogen-bond donors (Lipinski definition) is 3.